The van der Waals surface area contributed by atoms with Gasteiger partial charge in [0.25, 0.3) is 5.91 Å². The second-order valence-electron chi connectivity index (χ2n) is 5.91. The van der Waals surface area contributed by atoms with Crippen LogP contribution in [0.3, 0.4) is 0 Å². The van der Waals surface area contributed by atoms with E-state index in [2.05, 4.69) is 10.3 Å². The summed E-state index contributed by atoms with van der Waals surface area (Å²) in [5, 5.41) is 3.03. The zero-order valence-corrected chi connectivity index (χ0v) is 12.1. The van der Waals surface area contributed by atoms with Gasteiger partial charge in [0, 0.05) is 25.6 Å². The Morgan fingerprint density at radius 3 is 3.10 bits per heavy atom. The predicted molar refractivity (Wildman–Crippen MR) is 78.6 cm³/mol. The monoisotopic (exact) mass is 288 g/mol. The molecule has 0 spiro atoms. The van der Waals surface area contributed by atoms with Gasteiger partial charge in [0.2, 0.25) is 5.91 Å². The number of pyridine rings is 1. The van der Waals surface area contributed by atoms with Crippen molar-refractivity contribution >= 4 is 17.5 Å². The van der Waals surface area contributed by atoms with Gasteiger partial charge in [-0.1, -0.05) is 0 Å². The van der Waals surface area contributed by atoms with Crippen LogP contribution in [0.4, 0.5) is 5.69 Å². The lowest BCUT2D eigenvalue weighted by atomic mass is 9.85. The van der Waals surface area contributed by atoms with Crippen LogP contribution in [0.2, 0.25) is 0 Å². The molecule has 2 aliphatic heterocycles. The zero-order chi connectivity index (χ0) is 15.0. The van der Waals surface area contributed by atoms with Gasteiger partial charge in [-0.2, -0.15) is 0 Å². The normalized spacial score (nSPS) is 25.2. The summed E-state index contributed by atoms with van der Waals surface area (Å²) in [7, 11) is 0. The number of carbonyl (C=O) groups excluding carboxylic acids is 2. The predicted octanol–water partition coefficient (Wildman–Crippen LogP) is 0.713. The molecule has 1 aromatic heterocycles. The molecule has 112 valence electrons. The number of aryl methyl sites for hydroxylation is 1. The van der Waals surface area contributed by atoms with Gasteiger partial charge in [0.05, 0.1) is 23.1 Å². The first-order valence-electron chi connectivity index (χ1n) is 7.35. The maximum atomic E-state index is 12.7. The molecule has 2 atom stereocenters. The summed E-state index contributed by atoms with van der Waals surface area (Å²) in [6.07, 6.45) is 3.79. The molecule has 21 heavy (non-hydrogen) atoms. The third-order valence-electron chi connectivity index (χ3n) is 4.45. The Labute approximate surface area is 123 Å². The van der Waals surface area contributed by atoms with Crippen molar-refractivity contribution in [2.24, 2.45) is 5.92 Å². The summed E-state index contributed by atoms with van der Waals surface area (Å²) in [5.74, 6) is 0.476. The minimum atomic E-state index is -0.0114. The summed E-state index contributed by atoms with van der Waals surface area (Å²) >= 11 is 0. The number of nitrogens with one attached hydrogen (secondary N) is 1. The van der Waals surface area contributed by atoms with E-state index in [9.17, 15) is 9.59 Å². The van der Waals surface area contributed by atoms with E-state index in [-0.39, 0.29) is 17.9 Å². The van der Waals surface area contributed by atoms with Crippen LogP contribution in [-0.2, 0) is 4.79 Å². The molecule has 0 aliphatic carbocycles. The lowest BCUT2D eigenvalue weighted by molar-refractivity contribution is -0.125. The molecule has 2 aliphatic rings. The number of carbonyl (C=O) groups is 2. The zero-order valence-electron chi connectivity index (χ0n) is 12.1. The van der Waals surface area contributed by atoms with E-state index < -0.39 is 0 Å². The Hall–Kier alpha value is -2.11. The minimum absolute atomic E-state index is 0.0114. The molecule has 0 bridgehead atoms. The number of aromatic nitrogens is 1. The van der Waals surface area contributed by atoms with Crippen LogP contribution in [0.25, 0.3) is 0 Å². The third-order valence-corrected chi connectivity index (χ3v) is 4.45. The molecular formula is C15H20N4O2. The summed E-state index contributed by atoms with van der Waals surface area (Å²) in [5.41, 5.74) is 7.52. The van der Waals surface area contributed by atoms with E-state index in [1.165, 1.54) is 0 Å². The van der Waals surface area contributed by atoms with Crippen molar-refractivity contribution in [3.63, 3.8) is 0 Å². The number of rotatable bonds is 1. The molecule has 3 heterocycles. The van der Waals surface area contributed by atoms with Crippen molar-refractivity contribution < 1.29 is 9.59 Å². The molecule has 0 aromatic carbocycles. The largest absolute Gasteiger partial charge is 0.397 e. The quantitative estimate of drug-likeness (QED) is 0.796. The smallest absolute Gasteiger partial charge is 0.255 e. The van der Waals surface area contributed by atoms with Crippen LogP contribution in [0.1, 0.15) is 35.3 Å². The number of hydrogen-bond acceptors (Lipinski definition) is 4. The minimum Gasteiger partial charge on any atom is -0.397 e. The summed E-state index contributed by atoms with van der Waals surface area (Å²) < 4.78 is 0. The average molecular weight is 288 g/mol. The first kappa shape index (κ1) is 13.9. The number of likely N-dealkylation sites (tertiary alicyclic amines) is 1. The van der Waals surface area contributed by atoms with Gasteiger partial charge in [-0.25, -0.2) is 0 Å². The second kappa shape index (κ2) is 5.35. The first-order valence-corrected chi connectivity index (χ1v) is 7.35. The first-order chi connectivity index (χ1) is 10.0. The van der Waals surface area contributed by atoms with E-state index >= 15 is 0 Å². The van der Waals surface area contributed by atoms with Crippen LogP contribution in [0.15, 0.2) is 12.3 Å². The van der Waals surface area contributed by atoms with Crippen LogP contribution in [0.5, 0.6) is 0 Å². The lowest BCUT2D eigenvalue weighted by Gasteiger charge is -2.41. The number of nitrogens with zero attached hydrogens (tertiary/aromatic N) is 2. The fraction of sp³-hybridized carbons (Fsp3) is 0.533. The number of hydrogen-bond donors (Lipinski definition) is 2. The number of fused-ring (bicyclic) bond motifs is 1. The van der Waals surface area contributed by atoms with Crippen LogP contribution in [0, 0.1) is 12.8 Å². The van der Waals surface area contributed by atoms with Crippen molar-refractivity contribution in [1.29, 1.82) is 0 Å². The highest BCUT2D eigenvalue weighted by atomic mass is 16.2. The summed E-state index contributed by atoms with van der Waals surface area (Å²) in [6, 6.07) is 1.91. The standard InChI is InChI=1S/C15H20N4O2/c1-9-12(6-11(16)7-17-9)15(21)19-5-4-13-10(8-19)2-3-14(20)18-13/h6-7,10,13H,2-5,8,16H2,1H3,(H,18,20). The molecule has 2 fully saturated rings. The Morgan fingerprint density at radius 2 is 2.29 bits per heavy atom. The van der Waals surface area contributed by atoms with Gasteiger partial charge in [0.15, 0.2) is 0 Å². The molecule has 2 unspecified atom stereocenters. The van der Waals surface area contributed by atoms with E-state index in [1.807, 2.05) is 11.8 Å². The highest BCUT2D eigenvalue weighted by Crippen LogP contribution is 2.26. The molecule has 6 nitrogen and oxygen atoms in total. The Bertz CT molecular complexity index is 587. The fourth-order valence-corrected chi connectivity index (χ4v) is 3.23. The van der Waals surface area contributed by atoms with Crippen molar-refractivity contribution in [2.75, 3.05) is 18.8 Å². The summed E-state index contributed by atoms with van der Waals surface area (Å²) in [4.78, 5) is 30.1. The van der Waals surface area contributed by atoms with Gasteiger partial charge in [-0.3, -0.25) is 14.6 Å². The van der Waals surface area contributed by atoms with Gasteiger partial charge >= 0.3 is 0 Å². The van der Waals surface area contributed by atoms with Gasteiger partial charge in [-0.15, -0.1) is 0 Å². The third kappa shape index (κ3) is 2.70. The number of nitrogens with two attached hydrogens (primary N) is 1. The van der Waals surface area contributed by atoms with Crippen molar-refractivity contribution in [3.05, 3.63) is 23.5 Å². The van der Waals surface area contributed by atoms with Crippen LogP contribution >= 0.6 is 0 Å². The average Bonchev–Trinajstić information content (AvgIpc) is 2.48. The van der Waals surface area contributed by atoms with Crippen molar-refractivity contribution in [1.82, 2.24) is 15.2 Å². The van der Waals surface area contributed by atoms with Crippen LogP contribution < -0.4 is 11.1 Å². The van der Waals surface area contributed by atoms with Crippen LogP contribution in [-0.4, -0.2) is 40.8 Å². The van der Waals surface area contributed by atoms with E-state index in [0.29, 0.717) is 42.4 Å². The number of nitrogen functional groups attached to an aromatic ring is 1. The van der Waals surface area contributed by atoms with Gasteiger partial charge < -0.3 is 16.0 Å². The van der Waals surface area contributed by atoms with Crippen molar-refractivity contribution in [3.8, 4) is 0 Å². The topological polar surface area (TPSA) is 88.3 Å². The molecular weight excluding hydrogens is 268 g/mol. The number of anilines is 1. The molecule has 6 heteroatoms. The van der Waals surface area contributed by atoms with Gasteiger partial charge in [0.1, 0.15) is 0 Å². The lowest BCUT2D eigenvalue weighted by Crippen LogP contribution is -2.55. The second-order valence-corrected chi connectivity index (χ2v) is 5.91. The van der Waals surface area contributed by atoms with E-state index in [0.717, 1.165) is 12.8 Å². The number of piperidine rings is 2. The highest BCUT2D eigenvalue weighted by molar-refractivity contribution is 5.96. The van der Waals surface area contributed by atoms with Crippen molar-refractivity contribution in [2.45, 2.75) is 32.2 Å². The molecule has 2 saturated heterocycles. The fourth-order valence-electron chi connectivity index (χ4n) is 3.23. The van der Waals surface area contributed by atoms with Gasteiger partial charge in [-0.05, 0) is 31.7 Å². The molecule has 3 N–H and O–H groups in total. The summed E-state index contributed by atoms with van der Waals surface area (Å²) in [6.45, 7) is 3.17. The van der Waals surface area contributed by atoms with E-state index in [4.69, 9.17) is 5.73 Å². The number of amides is 2. The highest BCUT2D eigenvalue weighted by Gasteiger charge is 2.35. The molecule has 0 saturated carbocycles. The molecule has 1 aromatic rings. The molecule has 3 rings (SSSR count). The maximum Gasteiger partial charge on any atom is 0.255 e. The molecule has 2 amide bonds. The SMILES string of the molecule is Cc1ncc(N)cc1C(=O)N1CCC2NC(=O)CCC2C1. The Morgan fingerprint density at radius 1 is 1.48 bits per heavy atom. The Kier molecular flexibility index (Phi) is 3.53. The van der Waals surface area contributed by atoms with E-state index in [1.54, 1.807) is 12.3 Å². The Balaban J connectivity index is 1.74. The molecule has 0 radical (unpaired) electrons. The maximum absolute atomic E-state index is 12.7.